The summed E-state index contributed by atoms with van der Waals surface area (Å²) in [4.78, 5) is 18.9. The molecule has 0 saturated carbocycles. The van der Waals surface area contributed by atoms with Crippen molar-refractivity contribution in [3.63, 3.8) is 0 Å². The minimum atomic E-state index is 0.147. The molecule has 5 rings (SSSR count). The number of hydrogen-bond acceptors (Lipinski definition) is 6. The van der Waals surface area contributed by atoms with Gasteiger partial charge in [0.25, 0.3) is 0 Å². The minimum Gasteiger partial charge on any atom is -0.387 e. The van der Waals surface area contributed by atoms with E-state index in [-0.39, 0.29) is 6.61 Å². The number of nitrogens with zero attached hydrogens (tertiary/aromatic N) is 7. The zero-order valence-electron chi connectivity index (χ0n) is 16.9. The molecule has 8 nitrogen and oxygen atoms in total. The molecule has 0 N–H and O–H groups in total. The standard InChI is InChI=1S/C22H18ClN7O/c1-14-15(2)30(18-4-3-9-24-11-18)21-20(14)22-27-19(28-29(22)13-25-21)12-31-26-10-16-5-7-17(23)8-6-16/h3-11,13H,12H2,1-2H3/b26-10-. The molecule has 154 valence electrons. The van der Waals surface area contributed by atoms with Gasteiger partial charge in [0.05, 0.1) is 23.5 Å². The molecule has 1 aromatic carbocycles. The Bertz CT molecular complexity index is 1410. The molecule has 0 aliphatic carbocycles. The summed E-state index contributed by atoms with van der Waals surface area (Å²) in [6.07, 6.45) is 6.85. The van der Waals surface area contributed by atoms with Gasteiger partial charge in [-0.1, -0.05) is 28.9 Å². The van der Waals surface area contributed by atoms with E-state index >= 15 is 0 Å². The second kappa shape index (κ2) is 7.81. The second-order valence-electron chi connectivity index (χ2n) is 7.06. The van der Waals surface area contributed by atoms with Gasteiger partial charge in [-0.05, 0) is 49.2 Å². The van der Waals surface area contributed by atoms with Gasteiger partial charge >= 0.3 is 0 Å². The molecule has 0 fully saturated rings. The van der Waals surface area contributed by atoms with E-state index in [9.17, 15) is 0 Å². The predicted octanol–water partition coefficient (Wildman–Crippen LogP) is 4.28. The summed E-state index contributed by atoms with van der Waals surface area (Å²) < 4.78 is 3.75. The third-order valence-electron chi connectivity index (χ3n) is 5.12. The Hall–Kier alpha value is -3.78. The van der Waals surface area contributed by atoms with Crippen LogP contribution in [0.15, 0.2) is 60.3 Å². The van der Waals surface area contributed by atoms with E-state index < -0.39 is 0 Å². The number of benzene rings is 1. The molecule has 5 aromatic rings. The zero-order chi connectivity index (χ0) is 21.4. The van der Waals surface area contributed by atoms with Gasteiger partial charge in [0, 0.05) is 16.9 Å². The van der Waals surface area contributed by atoms with Crippen LogP contribution in [0, 0.1) is 13.8 Å². The molecule has 0 unspecified atom stereocenters. The van der Waals surface area contributed by atoms with Crippen LogP contribution in [-0.4, -0.2) is 35.3 Å². The summed E-state index contributed by atoms with van der Waals surface area (Å²) in [7, 11) is 0. The number of rotatable bonds is 5. The molecular formula is C22H18ClN7O. The third kappa shape index (κ3) is 3.51. The van der Waals surface area contributed by atoms with Crippen molar-refractivity contribution < 1.29 is 4.84 Å². The molecule has 0 aliphatic heterocycles. The molecule has 0 atom stereocenters. The Morgan fingerprint density at radius 3 is 2.74 bits per heavy atom. The van der Waals surface area contributed by atoms with Gasteiger partial charge in [0.15, 0.2) is 23.7 Å². The summed E-state index contributed by atoms with van der Waals surface area (Å²) in [6.45, 7) is 4.27. The maximum atomic E-state index is 5.89. The van der Waals surface area contributed by atoms with Gasteiger partial charge < -0.3 is 4.84 Å². The van der Waals surface area contributed by atoms with Crippen molar-refractivity contribution >= 4 is 34.5 Å². The topological polar surface area (TPSA) is 82.5 Å². The number of fused-ring (bicyclic) bond motifs is 3. The smallest absolute Gasteiger partial charge is 0.192 e. The lowest BCUT2D eigenvalue weighted by Crippen LogP contribution is -1.99. The average Bonchev–Trinajstić information content (AvgIpc) is 3.31. The summed E-state index contributed by atoms with van der Waals surface area (Å²) in [5.41, 5.74) is 5.56. The van der Waals surface area contributed by atoms with Gasteiger partial charge in [0.2, 0.25) is 0 Å². The normalized spacial score (nSPS) is 11.7. The van der Waals surface area contributed by atoms with Crippen LogP contribution >= 0.6 is 11.6 Å². The second-order valence-corrected chi connectivity index (χ2v) is 7.49. The highest BCUT2D eigenvalue weighted by molar-refractivity contribution is 6.30. The van der Waals surface area contributed by atoms with Crippen LogP contribution in [0.3, 0.4) is 0 Å². The Balaban J connectivity index is 1.46. The van der Waals surface area contributed by atoms with Gasteiger partial charge in [-0.15, -0.1) is 5.10 Å². The van der Waals surface area contributed by atoms with Crippen molar-refractivity contribution in [1.29, 1.82) is 0 Å². The number of oxime groups is 1. The Kier molecular flexibility index (Phi) is 4.83. The SMILES string of the molecule is Cc1c(C)n(-c2cccnc2)c2ncn3nc(CO/N=C\c4ccc(Cl)cc4)nc3c12. The monoisotopic (exact) mass is 431 g/mol. The first kappa shape index (κ1) is 19.2. The lowest BCUT2D eigenvalue weighted by molar-refractivity contribution is 0.126. The van der Waals surface area contributed by atoms with E-state index in [0.29, 0.717) is 10.8 Å². The number of hydrogen-bond donors (Lipinski definition) is 0. The van der Waals surface area contributed by atoms with Crippen LogP contribution in [0.1, 0.15) is 22.6 Å². The first-order valence-corrected chi connectivity index (χ1v) is 10.0. The molecule has 4 aromatic heterocycles. The third-order valence-corrected chi connectivity index (χ3v) is 5.37. The highest BCUT2D eigenvalue weighted by Gasteiger charge is 2.19. The van der Waals surface area contributed by atoms with Crippen LogP contribution in [0.2, 0.25) is 5.02 Å². The quantitative estimate of drug-likeness (QED) is 0.306. The van der Waals surface area contributed by atoms with Gasteiger partial charge in [-0.3, -0.25) is 9.55 Å². The predicted molar refractivity (Wildman–Crippen MR) is 119 cm³/mol. The number of pyridine rings is 1. The van der Waals surface area contributed by atoms with Gasteiger partial charge in [-0.25, -0.2) is 14.5 Å². The number of aromatic nitrogens is 6. The molecule has 0 saturated heterocycles. The molecule has 0 amide bonds. The highest BCUT2D eigenvalue weighted by atomic mass is 35.5. The molecule has 4 heterocycles. The van der Waals surface area contributed by atoms with Gasteiger partial charge in [0.1, 0.15) is 6.33 Å². The average molecular weight is 432 g/mol. The summed E-state index contributed by atoms with van der Waals surface area (Å²) in [5, 5.41) is 10.1. The van der Waals surface area contributed by atoms with E-state index in [1.165, 1.54) is 0 Å². The van der Waals surface area contributed by atoms with Crippen LogP contribution in [0.4, 0.5) is 0 Å². The maximum Gasteiger partial charge on any atom is 0.192 e. The first-order valence-electron chi connectivity index (χ1n) is 9.65. The first-order chi connectivity index (χ1) is 15.1. The van der Waals surface area contributed by atoms with Gasteiger partial charge in [-0.2, -0.15) is 0 Å². The van der Waals surface area contributed by atoms with E-state index in [0.717, 1.165) is 39.2 Å². The van der Waals surface area contributed by atoms with Crippen molar-refractivity contribution in [3.05, 3.63) is 82.8 Å². The summed E-state index contributed by atoms with van der Waals surface area (Å²) in [5.74, 6) is 0.522. The van der Waals surface area contributed by atoms with E-state index in [1.807, 2.05) is 30.5 Å². The van der Waals surface area contributed by atoms with Crippen molar-refractivity contribution in [1.82, 2.24) is 29.1 Å². The Morgan fingerprint density at radius 1 is 1.13 bits per heavy atom. The highest BCUT2D eigenvalue weighted by Crippen LogP contribution is 2.29. The fourth-order valence-corrected chi connectivity index (χ4v) is 3.64. The van der Waals surface area contributed by atoms with Crippen molar-refractivity contribution in [2.45, 2.75) is 20.5 Å². The van der Waals surface area contributed by atoms with Crippen LogP contribution < -0.4 is 0 Å². The van der Waals surface area contributed by atoms with Crippen LogP contribution in [0.25, 0.3) is 22.4 Å². The molecule has 31 heavy (non-hydrogen) atoms. The van der Waals surface area contributed by atoms with E-state index in [1.54, 1.807) is 35.4 Å². The Labute approximate surface area is 182 Å². The lowest BCUT2D eigenvalue weighted by Gasteiger charge is -2.06. The summed E-state index contributed by atoms with van der Waals surface area (Å²) >= 11 is 5.89. The van der Waals surface area contributed by atoms with Crippen molar-refractivity contribution in [2.75, 3.05) is 0 Å². The largest absolute Gasteiger partial charge is 0.387 e. The van der Waals surface area contributed by atoms with Crippen molar-refractivity contribution in [3.8, 4) is 5.69 Å². The molecule has 0 radical (unpaired) electrons. The van der Waals surface area contributed by atoms with Crippen molar-refractivity contribution in [2.24, 2.45) is 5.16 Å². The maximum absolute atomic E-state index is 5.89. The number of aryl methyl sites for hydroxylation is 1. The minimum absolute atomic E-state index is 0.147. The molecule has 0 spiro atoms. The van der Waals surface area contributed by atoms with Crippen LogP contribution in [0.5, 0.6) is 0 Å². The van der Waals surface area contributed by atoms with E-state index in [4.69, 9.17) is 16.4 Å². The van der Waals surface area contributed by atoms with E-state index in [2.05, 4.69) is 43.6 Å². The molecule has 9 heteroatoms. The lowest BCUT2D eigenvalue weighted by atomic mass is 10.2. The fraction of sp³-hybridized carbons (Fsp3) is 0.136. The number of halogens is 1. The molecule has 0 aliphatic rings. The summed E-state index contributed by atoms with van der Waals surface area (Å²) in [6, 6.07) is 11.2. The zero-order valence-corrected chi connectivity index (χ0v) is 17.7. The fourth-order valence-electron chi connectivity index (χ4n) is 3.51. The molecule has 0 bridgehead atoms. The molecular weight excluding hydrogens is 414 g/mol. The van der Waals surface area contributed by atoms with Crippen LogP contribution in [-0.2, 0) is 11.4 Å². The Morgan fingerprint density at radius 2 is 1.97 bits per heavy atom.